The number of nitrogen functional groups attached to an aromatic ring is 1. The van der Waals surface area contributed by atoms with Gasteiger partial charge in [0.05, 0.1) is 0 Å². The van der Waals surface area contributed by atoms with Crippen LogP contribution in [0, 0.1) is 0 Å². The molecule has 0 bridgehead atoms. The summed E-state index contributed by atoms with van der Waals surface area (Å²) in [4.78, 5) is 6.52. The zero-order valence-electron chi connectivity index (χ0n) is 12.1. The molecule has 1 heterocycles. The highest BCUT2D eigenvalue weighted by molar-refractivity contribution is 5.39. The first kappa shape index (κ1) is 14.5. The molecular formula is C17H23N3. The van der Waals surface area contributed by atoms with Gasteiger partial charge in [-0.15, -0.1) is 0 Å². The van der Waals surface area contributed by atoms with Crippen LogP contribution in [0.1, 0.15) is 24.5 Å². The predicted octanol–water partition coefficient (Wildman–Crippen LogP) is 3.12. The molecule has 1 aromatic heterocycles. The smallest absolute Gasteiger partial charge is 0.0314 e. The summed E-state index contributed by atoms with van der Waals surface area (Å²) in [5.41, 5.74) is 9.22. The lowest BCUT2D eigenvalue weighted by Crippen LogP contribution is -2.24. The molecule has 0 atom stereocenters. The first-order valence-corrected chi connectivity index (χ1v) is 7.23. The van der Waals surface area contributed by atoms with E-state index in [2.05, 4.69) is 41.1 Å². The van der Waals surface area contributed by atoms with Crippen LogP contribution in [-0.4, -0.2) is 23.0 Å². The molecule has 2 rings (SSSR count). The lowest BCUT2D eigenvalue weighted by Gasteiger charge is -2.20. The molecule has 0 aliphatic rings. The van der Waals surface area contributed by atoms with Gasteiger partial charge in [0, 0.05) is 24.6 Å². The van der Waals surface area contributed by atoms with E-state index in [1.807, 2.05) is 24.5 Å². The maximum atomic E-state index is 5.70. The van der Waals surface area contributed by atoms with Crippen molar-refractivity contribution in [2.24, 2.45) is 0 Å². The number of benzene rings is 1. The van der Waals surface area contributed by atoms with Crippen molar-refractivity contribution in [3.05, 3.63) is 59.9 Å². The van der Waals surface area contributed by atoms with E-state index < -0.39 is 0 Å². The average molecular weight is 269 g/mol. The fourth-order valence-electron chi connectivity index (χ4n) is 2.29. The van der Waals surface area contributed by atoms with Gasteiger partial charge in [0.15, 0.2) is 0 Å². The number of nitrogens with two attached hydrogens (primary N) is 1. The van der Waals surface area contributed by atoms with E-state index in [4.69, 9.17) is 5.73 Å². The fourth-order valence-corrected chi connectivity index (χ4v) is 2.29. The van der Waals surface area contributed by atoms with E-state index in [-0.39, 0.29) is 0 Å². The molecule has 0 spiro atoms. The molecule has 0 aliphatic heterocycles. The maximum Gasteiger partial charge on any atom is 0.0314 e. The molecule has 3 nitrogen and oxygen atoms in total. The van der Waals surface area contributed by atoms with Gasteiger partial charge in [0.25, 0.3) is 0 Å². The molecule has 0 unspecified atom stereocenters. The second-order valence-corrected chi connectivity index (χ2v) is 5.07. The summed E-state index contributed by atoms with van der Waals surface area (Å²) in [7, 11) is 0. The number of nitrogens with zero attached hydrogens (tertiary/aromatic N) is 2. The van der Waals surface area contributed by atoms with Crippen molar-refractivity contribution >= 4 is 5.69 Å². The Labute approximate surface area is 121 Å². The summed E-state index contributed by atoms with van der Waals surface area (Å²) in [6, 6.07) is 12.4. The minimum atomic E-state index is 0.835. The summed E-state index contributed by atoms with van der Waals surface area (Å²) in [5, 5.41) is 0. The monoisotopic (exact) mass is 269 g/mol. The van der Waals surface area contributed by atoms with Crippen LogP contribution < -0.4 is 5.73 Å². The van der Waals surface area contributed by atoms with E-state index in [0.29, 0.717) is 0 Å². The molecule has 0 fully saturated rings. The Morgan fingerprint density at radius 1 is 1.00 bits per heavy atom. The summed E-state index contributed by atoms with van der Waals surface area (Å²) in [5.74, 6) is 0. The minimum absolute atomic E-state index is 0.835. The number of pyridine rings is 1. The van der Waals surface area contributed by atoms with Gasteiger partial charge in [-0.05, 0) is 61.3 Å². The Morgan fingerprint density at radius 3 is 2.35 bits per heavy atom. The largest absolute Gasteiger partial charge is 0.399 e. The van der Waals surface area contributed by atoms with Gasteiger partial charge in [-0.25, -0.2) is 0 Å². The number of aryl methyl sites for hydroxylation is 1. The lowest BCUT2D eigenvalue weighted by molar-refractivity contribution is 0.276. The second kappa shape index (κ2) is 7.65. The first-order valence-electron chi connectivity index (χ1n) is 7.23. The van der Waals surface area contributed by atoms with Crippen LogP contribution in [0.5, 0.6) is 0 Å². The molecule has 3 heteroatoms. The van der Waals surface area contributed by atoms with Crippen molar-refractivity contribution in [2.45, 2.75) is 26.3 Å². The predicted molar refractivity (Wildman–Crippen MR) is 84.4 cm³/mol. The van der Waals surface area contributed by atoms with Gasteiger partial charge in [-0.2, -0.15) is 0 Å². The van der Waals surface area contributed by atoms with Crippen LogP contribution in [0.25, 0.3) is 0 Å². The van der Waals surface area contributed by atoms with Crippen molar-refractivity contribution in [3.8, 4) is 0 Å². The Morgan fingerprint density at radius 2 is 1.70 bits per heavy atom. The van der Waals surface area contributed by atoms with Gasteiger partial charge in [0.1, 0.15) is 0 Å². The van der Waals surface area contributed by atoms with Crippen LogP contribution in [0.3, 0.4) is 0 Å². The van der Waals surface area contributed by atoms with Crippen molar-refractivity contribution in [2.75, 3.05) is 18.8 Å². The zero-order valence-corrected chi connectivity index (χ0v) is 12.1. The Balaban J connectivity index is 1.78. The van der Waals surface area contributed by atoms with Crippen molar-refractivity contribution in [3.63, 3.8) is 0 Å². The molecular weight excluding hydrogens is 246 g/mol. The highest BCUT2D eigenvalue weighted by Gasteiger charge is 2.03. The highest BCUT2D eigenvalue weighted by Crippen LogP contribution is 2.09. The molecule has 2 aromatic rings. The van der Waals surface area contributed by atoms with Gasteiger partial charge in [-0.3, -0.25) is 9.88 Å². The standard InChI is InChI=1S/C17H23N3/c1-2-20(14-16-9-11-19-12-10-16)13-3-4-15-5-7-17(18)8-6-15/h5-12H,2-4,13-14,18H2,1H3. The fraction of sp³-hybridized carbons (Fsp3) is 0.353. The molecule has 20 heavy (non-hydrogen) atoms. The summed E-state index contributed by atoms with van der Waals surface area (Å²) in [6.45, 7) is 5.40. The van der Waals surface area contributed by atoms with E-state index in [9.17, 15) is 0 Å². The quantitative estimate of drug-likeness (QED) is 0.785. The van der Waals surface area contributed by atoms with Crippen LogP contribution in [0.4, 0.5) is 5.69 Å². The summed E-state index contributed by atoms with van der Waals surface area (Å²) in [6.07, 6.45) is 5.99. The third-order valence-electron chi connectivity index (χ3n) is 3.52. The highest BCUT2D eigenvalue weighted by atomic mass is 15.1. The molecule has 106 valence electrons. The SMILES string of the molecule is CCN(CCCc1ccc(N)cc1)Cc1ccncc1. The van der Waals surface area contributed by atoms with Crippen LogP contribution in [0.2, 0.25) is 0 Å². The number of rotatable bonds is 7. The third kappa shape index (κ3) is 4.67. The van der Waals surface area contributed by atoms with Gasteiger partial charge in [0.2, 0.25) is 0 Å². The topological polar surface area (TPSA) is 42.1 Å². The van der Waals surface area contributed by atoms with E-state index in [1.54, 1.807) is 0 Å². The van der Waals surface area contributed by atoms with Crippen molar-refractivity contribution in [1.82, 2.24) is 9.88 Å². The lowest BCUT2D eigenvalue weighted by atomic mass is 10.1. The third-order valence-corrected chi connectivity index (χ3v) is 3.52. The number of hydrogen-bond acceptors (Lipinski definition) is 3. The number of hydrogen-bond donors (Lipinski definition) is 1. The van der Waals surface area contributed by atoms with Gasteiger partial charge >= 0.3 is 0 Å². The first-order chi connectivity index (χ1) is 9.78. The Hall–Kier alpha value is -1.87. The molecule has 0 radical (unpaired) electrons. The van der Waals surface area contributed by atoms with Crippen molar-refractivity contribution < 1.29 is 0 Å². The van der Waals surface area contributed by atoms with Crippen molar-refractivity contribution in [1.29, 1.82) is 0 Å². The van der Waals surface area contributed by atoms with E-state index in [0.717, 1.165) is 31.7 Å². The van der Waals surface area contributed by atoms with E-state index in [1.165, 1.54) is 17.5 Å². The number of aromatic nitrogens is 1. The van der Waals surface area contributed by atoms with Gasteiger partial charge < -0.3 is 5.73 Å². The molecule has 0 aliphatic carbocycles. The van der Waals surface area contributed by atoms with Crippen LogP contribution in [0.15, 0.2) is 48.8 Å². The maximum absolute atomic E-state index is 5.70. The Bertz CT molecular complexity index is 493. The molecule has 0 saturated heterocycles. The molecule has 1 aromatic carbocycles. The summed E-state index contributed by atoms with van der Waals surface area (Å²) >= 11 is 0. The summed E-state index contributed by atoms with van der Waals surface area (Å²) < 4.78 is 0. The van der Waals surface area contributed by atoms with Gasteiger partial charge in [-0.1, -0.05) is 19.1 Å². The molecule has 2 N–H and O–H groups in total. The Kier molecular flexibility index (Phi) is 5.56. The van der Waals surface area contributed by atoms with E-state index >= 15 is 0 Å². The average Bonchev–Trinajstić information content (AvgIpc) is 2.49. The molecule has 0 saturated carbocycles. The minimum Gasteiger partial charge on any atom is -0.399 e. The second-order valence-electron chi connectivity index (χ2n) is 5.07. The van der Waals surface area contributed by atoms with Crippen LogP contribution >= 0.6 is 0 Å². The molecule has 0 amide bonds. The zero-order chi connectivity index (χ0) is 14.2. The normalized spacial score (nSPS) is 10.9. The number of anilines is 1. The van der Waals surface area contributed by atoms with Crippen LogP contribution in [-0.2, 0) is 13.0 Å².